The van der Waals surface area contributed by atoms with Gasteiger partial charge >= 0.3 is 0 Å². The molecule has 0 aliphatic rings. The van der Waals surface area contributed by atoms with Crippen LogP contribution in [0.4, 0.5) is 0 Å². The van der Waals surface area contributed by atoms with Crippen molar-refractivity contribution in [3.63, 3.8) is 0 Å². The Kier molecular flexibility index (Phi) is 9.18. The van der Waals surface area contributed by atoms with E-state index < -0.39 is 0 Å². The molecule has 0 heterocycles. The van der Waals surface area contributed by atoms with E-state index in [0.717, 1.165) is 5.56 Å². The van der Waals surface area contributed by atoms with Gasteiger partial charge in [0.1, 0.15) is 0 Å². The zero-order chi connectivity index (χ0) is 12.1. The normalized spacial score (nSPS) is 9.19. The fourth-order valence-corrected chi connectivity index (χ4v) is 0.829. The van der Waals surface area contributed by atoms with E-state index in [1.807, 2.05) is 48.6 Å². The van der Waals surface area contributed by atoms with E-state index in [1.54, 1.807) is 18.2 Å². The molecule has 0 aliphatic heterocycles. The van der Waals surface area contributed by atoms with Gasteiger partial charge in [0.2, 0.25) is 0 Å². The van der Waals surface area contributed by atoms with Gasteiger partial charge in [-0.1, -0.05) is 73.9 Å². The summed E-state index contributed by atoms with van der Waals surface area (Å²) >= 11 is 0. The van der Waals surface area contributed by atoms with Gasteiger partial charge in [0.25, 0.3) is 0 Å². The van der Waals surface area contributed by atoms with Crippen molar-refractivity contribution < 1.29 is 0 Å². The molecular weight excluding hydrogens is 194 g/mol. The summed E-state index contributed by atoms with van der Waals surface area (Å²) in [6.45, 7) is 6.72. The van der Waals surface area contributed by atoms with Crippen LogP contribution < -0.4 is 0 Å². The third-order valence-electron chi connectivity index (χ3n) is 1.54. The summed E-state index contributed by atoms with van der Waals surface area (Å²) in [6.07, 6.45) is 10.2. The van der Waals surface area contributed by atoms with Crippen LogP contribution in [-0.4, -0.2) is 0 Å². The Morgan fingerprint density at radius 3 is 2.12 bits per heavy atom. The molecule has 1 rings (SSSR count). The first-order chi connectivity index (χ1) is 7.85. The van der Waals surface area contributed by atoms with Gasteiger partial charge in [-0.3, -0.25) is 0 Å². The first-order valence-corrected chi connectivity index (χ1v) is 4.86. The van der Waals surface area contributed by atoms with Crippen molar-refractivity contribution in [3.05, 3.63) is 79.4 Å². The molecule has 0 saturated heterocycles. The summed E-state index contributed by atoms with van der Waals surface area (Å²) in [4.78, 5) is 0. The Morgan fingerprint density at radius 1 is 1.00 bits per heavy atom. The molecule has 1 aromatic rings. The Balaban J connectivity index is 0.000000487. The fourth-order valence-electron chi connectivity index (χ4n) is 0.829. The van der Waals surface area contributed by atoms with Crippen LogP contribution in [0.1, 0.15) is 5.56 Å². The highest BCUT2D eigenvalue weighted by molar-refractivity contribution is 5.50. The average molecular weight is 209 g/mol. The quantitative estimate of drug-likeness (QED) is 0.542. The molecular formula is C15H15N. The SMILES string of the molecule is C=CC=C.N#CC=CC=Cc1ccccc1. The van der Waals surface area contributed by atoms with E-state index in [9.17, 15) is 0 Å². The molecule has 1 heteroatoms. The van der Waals surface area contributed by atoms with Crippen molar-refractivity contribution in [1.82, 2.24) is 0 Å². The highest BCUT2D eigenvalue weighted by Crippen LogP contribution is 2.00. The minimum Gasteiger partial charge on any atom is -0.193 e. The highest BCUT2D eigenvalue weighted by Gasteiger charge is 1.78. The smallest absolute Gasteiger partial charge is 0.0912 e. The third kappa shape index (κ3) is 8.28. The van der Waals surface area contributed by atoms with Crippen LogP contribution in [0.5, 0.6) is 0 Å². The van der Waals surface area contributed by atoms with Gasteiger partial charge in [0.15, 0.2) is 0 Å². The third-order valence-corrected chi connectivity index (χ3v) is 1.54. The summed E-state index contributed by atoms with van der Waals surface area (Å²) in [7, 11) is 0. The first kappa shape index (κ1) is 13.7. The molecule has 1 aromatic carbocycles. The zero-order valence-corrected chi connectivity index (χ0v) is 9.21. The average Bonchev–Trinajstić information content (AvgIpc) is 2.36. The summed E-state index contributed by atoms with van der Waals surface area (Å²) in [5.74, 6) is 0. The van der Waals surface area contributed by atoms with E-state index >= 15 is 0 Å². The predicted molar refractivity (Wildman–Crippen MR) is 70.6 cm³/mol. The van der Waals surface area contributed by atoms with Gasteiger partial charge in [0, 0.05) is 6.08 Å². The predicted octanol–water partition coefficient (Wildman–Crippen LogP) is 4.14. The van der Waals surface area contributed by atoms with E-state index in [0.29, 0.717) is 0 Å². The van der Waals surface area contributed by atoms with E-state index in [-0.39, 0.29) is 0 Å². The molecule has 0 aliphatic carbocycles. The first-order valence-electron chi connectivity index (χ1n) is 4.86. The second kappa shape index (κ2) is 10.7. The molecule has 0 fully saturated rings. The lowest BCUT2D eigenvalue weighted by molar-refractivity contribution is 1.53. The molecule has 0 bridgehead atoms. The van der Waals surface area contributed by atoms with Gasteiger partial charge in [-0.15, -0.1) is 0 Å². The highest BCUT2D eigenvalue weighted by atomic mass is 14.2. The van der Waals surface area contributed by atoms with E-state index in [2.05, 4.69) is 13.2 Å². The van der Waals surface area contributed by atoms with Crippen LogP contribution in [-0.2, 0) is 0 Å². The van der Waals surface area contributed by atoms with E-state index in [4.69, 9.17) is 5.26 Å². The van der Waals surface area contributed by atoms with Gasteiger partial charge in [0.05, 0.1) is 6.07 Å². The lowest BCUT2D eigenvalue weighted by Crippen LogP contribution is -1.66. The maximum absolute atomic E-state index is 8.19. The number of hydrogen-bond donors (Lipinski definition) is 0. The summed E-state index contributed by atoms with van der Waals surface area (Å²) in [6, 6.07) is 11.9. The van der Waals surface area contributed by atoms with Crippen molar-refractivity contribution in [2.75, 3.05) is 0 Å². The number of rotatable bonds is 3. The van der Waals surface area contributed by atoms with E-state index in [1.165, 1.54) is 6.08 Å². The number of allylic oxidation sites excluding steroid dienone is 5. The summed E-state index contributed by atoms with van der Waals surface area (Å²) in [5.41, 5.74) is 1.14. The van der Waals surface area contributed by atoms with Crippen LogP contribution in [0, 0.1) is 11.3 Å². The van der Waals surface area contributed by atoms with Gasteiger partial charge in [-0.2, -0.15) is 5.26 Å². The Hall–Kier alpha value is -2.33. The van der Waals surface area contributed by atoms with Gasteiger partial charge in [-0.25, -0.2) is 0 Å². The molecule has 0 N–H and O–H groups in total. The monoisotopic (exact) mass is 209 g/mol. The van der Waals surface area contributed by atoms with Crippen LogP contribution in [0.15, 0.2) is 73.9 Å². The molecule has 16 heavy (non-hydrogen) atoms. The molecule has 0 spiro atoms. The topological polar surface area (TPSA) is 23.8 Å². The summed E-state index contributed by atoms with van der Waals surface area (Å²) < 4.78 is 0. The van der Waals surface area contributed by atoms with Crippen LogP contribution in [0.25, 0.3) is 6.08 Å². The number of hydrogen-bond acceptors (Lipinski definition) is 1. The van der Waals surface area contributed by atoms with Crippen LogP contribution in [0.2, 0.25) is 0 Å². The Labute approximate surface area is 97.4 Å². The van der Waals surface area contributed by atoms with Crippen molar-refractivity contribution in [1.29, 1.82) is 5.26 Å². The fraction of sp³-hybridized carbons (Fsp3) is 0. The van der Waals surface area contributed by atoms with Crippen molar-refractivity contribution >= 4 is 6.08 Å². The minimum atomic E-state index is 1.14. The molecule has 0 aromatic heterocycles. The Bertz CT molecular complexity index is 385. The number of benzene rings is 1. The van der Waals surface area contributed by atoms with Crippen molar-refractivity contribution in [3.8, 4) is 6.07 Å². The molecule has 0 atom stereocenters. The molecule has 1 nitrogen and oxygen atoms in total. The number of nitriles is 1. The Morgan fingerprint density at radius 2 is 1.62 bits per heavy atom. The van der Waals surface area contributed by atoms with Gasteiger partial charge in [-0.05, 0) is 5.56 Å². The second-order valence-corrected chi connectivity index (χ2v) is 2.73. The van der Waals surface area contributed by atoms with Crippen LogP contribution >= 0.6 is 0 Å². The molecule has 0 saturated carbocycles. The largest absolute Gasteiger partial charge is 0.193 e. The van der Waals surface area contributed by atoms with Gasteiger partial charge < -0.3 is 0 Å². The minimum absolute atomic E-state index is 1.14. The second-order valence-electron chi connectivity index (χ2n) is 2.73. The lowest BCUT2D eigenvalue weighted by Gasteiger charge is -1.87. The standard InChI is InChI=1S/C11H9N.C4H6/c12-10-6-2-5-9-11-7-3-1-4-8-11;1-3-4-2/h1-9H;3-4H,1-2H2. The van der Waals surface area contributed by atoms with Crippen LogP contribution in [0.3, 0.4) is 0 Å². The zero-order valence-electron chi connectivity index (χ0n) is 9.21. The molecule has 0 amide bonds. The summed E-state index contributed by atoms with van der Waals surface area (Å²) in [5, 5.41) is 8.19. The van der Waals surface area contributed by atoms with Crippen molar-refractivity contribution in [2.24, 2.45) is 0 Å². The molecule has 0 radical (unpaired) electrons. The maximum atomic E-state index is 8.19. The van der Waals surface area contributed by atoms with Crippen molar-refractivity contribution in [2.45, 2.75) is 0 Å². The maximum Gasteiger partial charge on any atom is 0.0912 e. The lowest BCUT2D eigenvalue weighted by atomic mass is 10.2. The molecule has 0 unspecified atom stereocenters. The number of nitrogens with zero attached hydrogens (tertiary/aromatic N) is 1. The molecule has 80 valence electrons.